The first-order chi connectivity index (χ1) is 9.84. The van der Waals surface area contributed by atoms with Gasteiger partial charge in [-0.05, 0) is 24.0 Å². The summed E-state index contributed by atoms with van der Waals surface area (Å²) in [5, 5.41) is 6.62. The molecule has 2 bridgehead atoms. The number of benzene rings is 1. The van der Waals surface area contributed by atoms with Crippen LogP contribution >= 0.6 is 0 Å². The lowest BCUT2D eigenvalue weighted by molar-refractivity contribution is -0.133. The zero-order valence-corrected chi connectivity index (χ0v) is 11.1. The number of hydrogen-bond donors (Lipinski definition) is 1. The number of carbonyl (C=O) groups excluding carboxylic acids is 1. The molecular weight excluding hydrogens is 252 g/mol. The van der Waals surface area contributed by atoms with Crippen LogP contribution in [-0.4, -0.2) is 26.0 Å². The molecule has 2 unspecified atom stereocenters. The minimum absolute atomic E-state index is 0.227. The Morgan fingerprint density at radius 3 is 2.55 bits per heavy atom. The van der Waals surface area contributed by atoms with Crippen molar-refractivity contribution in [2.45, 2.75) is 37.8 Å². The second-order valence-corrected chi connectivity index (χ2v) is 5.47. The fourth-order valence-corrected chi connectivity index (χ4v) is 3.59. The summed E-state index contributed by atoms with van der Waals surface area (Å²) < 4.78 is 0. The molecule has 1 fully saturated rings. The van der Waals surface area contributed by atoms with E-state index in [1.165, 1.54) is 17.5 Å². The second-order valence-electron chi connectivity index (χ2n) is 5.47. The number of amides is 1. The number of aromatic amines is 1. The number of fused-ring (bicyclic) bond motifs is 5. The lowest BCUT2D eigenvalue weighted by Crippen LogP contribution is -2.28. The van der Waals surface area contributed by atoms with Gasteiger partial charge in [0.25, 0.3) is 0 Å². The highest BCUT2D eigenvalue weighted by Crippen LogP contribution is 2.53. The lowest BCUT2D eigenvalue weighted by Gasteiger charge is -2.22. The summed E-state index contributed by atoms with van der Waals surface area (Å²) in [5.41, 5.74) is 2.69. The van der Waals surface area contributed by atoms with Crippen LogP contribution < -0.4 is 0 Å². The zero-order chi connectivity index (χ0) is 13.5. The Kier molecular flexibility index (Phi) is 2.58. The summed E-state index contributed by atoms with van der Waals surface area (Å²) in [4.78, 5) is 18.7. The van der Waals surface area contributed by atoms with E-state index >= 15 is 0 Å². The Hall–Kier alpha value is -2.17. The van der Waals surface area contributed by atoms with Crippen LogP contribution in [0.4, 0.5) is 0 Å². The van der Waals surface area contributed by atoms with Gasteiger partial charge in [0.1, 0.15) is 12.2 Å². The summed E-state index contributed by atoms with van der Waals surface area (Å²) in [5.74, 6) is 1.01. The average Bonchev–Trinajstić information content (AvgIpc) is 3.20. The second kappa shape index (κ2) is 4.44. The predicted octanol–water partition coefficient (Wildman–Crippen LogP) is 2.16. The third-order valence-corrected chi connectivity index (χ3v) is 4.43. The smallest absolute Gasteiger partial charge is 0.224 e. The maximum Gasteiger partial charge on any atom is 0.224 e. The third kappa shape index (κ3) is 1.66. The van der Waals surface area contributed by atoms with E-state index in [1.54, 1.807) is 0 Å². The van der Waals surface area contributed by atoms with Crippen LogP contribution in [0.2, 0.25) is 0 Å². The summed E-state index contributed by atoms with van der Waals surface area (Å²) >= 11 is 0. The molecule has 0 saturated carbocycles. The van der Waals surface area contributed by atoms with E-state index in [-0.39, 0.29) is 5.91 Å². The first kappa shape index (κ1) is 11.6. The van der Waals surface area contributed by atoms with Crippen LogP contribution in [0.25, 0.3) is 0 Å². The Labute approximate surface area is 117 Å². The number of aryl methyl sites for hydroxylation is 1. The highest BCUT2D eigenvalue weighted by atomic mass is 16.2. The van der Waals surface area contributed by atoms with Gasteiger partial charge < -0.3 is 4.90 Å². The van der Waals surface area contributed by atoms with Gasteiger partial charge in [-0.25, -0.2) is 4.98 Å². The van der Waals surface area contributed by atoms with Crippen molar-refractivity contribution in [2.24, 2.45) is 0 Å². The average molecular weight is 268 g/mol. The Bertz CT molecular complexity index is 606. The first-order valence-corrected chi connectivity index (χ1v) is 7.09. The van der Waals surface area contributed by atoms with Crippen LogP contribution in [0.3, 0.4) is 0 Å². The van der Waals surface area contributed by atoms with Crippen molar-refractivity contribution in [3.05, 3.63) is 47.5 Å². The Morgan fingerprint density at radius 1 is 1.25 bits per heavy atom. The first-order valence-electron chi connectivity index (χ1n) is 7.09. The lowest BCUT2D eigenvalue weighted by atomic mass is 9.92. The van der Waals surface area contributed by atoms with Gasteiger partial charge in [0, 0.05) is 12.8 Å². The maximum atomic E-state index is 12.5. The van der Waals surface area contributed by atoms with E-state index in [1.807, 2.05) is 0 Å². The maximum absolute atomic E-state index is 12.5. The number of nitrogens with zero attached hydrogens (tertiary/aromatic N) is 3. The summed E-state index contributed by atoms with van der Waals surface area (Å²) in [6, 6.07) is 9.04. The van der Waals surface area contributed by atoms with Gasteiger partial charge in [-0.1, -0.05) is 24.3 Å². The topological polar surface area (TPSA) is 61.9 Å². The van der Waals surface area contributed by atoms with E-state index < -0.39 is 0 Å². The molecule has 5 nitrogen and oxygen atoms in total. The van der Waals surface area contributed by atoms with E-state index in [0.29, 0.717) is 24.9 Å². The van der Waals surface area contributed by atoms with Crippen molar-refractivity contribution in [3.63, 3.8) is 0 Å². The molecule has 1 N–H and O–H groups in total. The normalized spacial score (nSPS) is 23.1. The summed E-state index contributed by atoms with van der Waals surface area (Å²) in [6.45, 7) is 0. The molecule has 2 aromatic rings. The van der Waals surface area contributed by atoms with Crippen LogP contribution in [0.5, 0.6) is 0 Å². The van der Waals surface area contributed by atoms with Crippen LogP contribution in [0, 0.1) is 0 Å². The van der Waals surface area contributed by atoms with Gasteiger partial charge in [0.15, 0.2) is 0 Å². The van der Waals surface area contributed by atoms with Crippen LogP contribution in [0.1, 0.15) is 48.3 Å². The molecule has 1 aromatic heterocycles. The number of aromatic nitrogens is 3. The van der Waals surface area contributed by atoms with Crippen LogP contribution in [-0.2, 0) is 11.2 Å². The number of hydrogen-bond acceptors (Lipinski definition) is 3. The van der Waals surface area contributed by atoms with Crippen molar-refractivity contribution < 1.29 is 4.79 Å². The monoisotopic (exact) mass is 268 g/mol. The van der Waals surface area contributed by atoms with E-state index in [0.717, 1.165) is 18.7 Å². The molecule has 20 heavy (non-hydrogen) atoms. The van der Waals surface area contributed by atoms with E-state index in [4.69, 9.17) is 0 Å². The minimum atomic E-state index is 0.227. The van der Waals surface area contributed by atoms with Crippen molar-refractivity contribution >= 4 is 5.91 Å². The number of carbonyl (C=O) groups is 1. The number of H-pyrrole nitrogens is 1. The minimum Gasteiger partial charge on any atom is -0.329 e. The van der Waals surface area contributed by atoms with Crippen LogP contribution in [0.15, 0.2) is 30.6 Å². The molecule has 2 atom stereocenters. The largest absolute Gasteiger partial charge is 0.329 e. The Balaban J connectivity index is 1.52. The van der Waals surface area contributed by atoms with Crippen molar-refractivity contribution in [1.82, 2.24) is 20.1 Å². The molecule has 0 aliphatic carbocycles. The number of nitrogens with one attached hydrogen (secondary N) is 1. The molecule has 2 aliphatic heterocycles. The fourth-order valence-electron chi connectivity index (χ4n) is 3.59. The molecule has 0 spiro atoms. The van der Waals surface area contributed by atoms with Gasteiger partial charge in [0.05, 0.1) is 12.1 Å². The number of rotatable bonds is 3. The molecule has 102 valence electrons. The van der Waals surface area contributed by atoms with E-state index in [2.05, 4.69) is 44.3 Å². The van der Waals surface area contributed by atoms with Crippen molar-refractivity contribution in [2.75, 3.05) is 0 Å². The van der Waals surface area contributed by atoms with Gasteiger partial charge in [-0.3, -0.25) is 9.89 Å². The fraction of sp³-hybridized carbons (Fsp3) is 0.400. The van der Waals surface area contributed by atoms with Gasteiger partial charge in [0.2, 0.25) is 5.91 Å². The van der Waals surface area contributed by atoms with Gasteiger partial charge in [-0.15, -0.1) is 0 Å². The van der Waals surface area contributed by atoms with Crippen molar-refractivity contribution in [1.29, 1.82) is 0 Å². The molecule has 5 heteroatoms. The highest BCUT2D eigenvalue weighted by molar-refractivity contribution is 5.79. The molecular formula is C15H16N4O. The molecule has 0 radical (unpaired) electrons. The quantitative estimate of drug-likeness (QED) is 0.927. The van der Waals surface area contributed by atoms with E-state index in [9.17, 15) is 4.79 Å². The molecule has 1 saturated heterocycles. The highest BCUT2D eigenvalue weighted by Gasteiger charge is 2.45. The zero-order valence-electron chi connectivity index (χ0n) is 11.1. The molecule has 3 heterocycles. The Morgan fingerprint density at radius 2 is 1.95 bits per heavy atom. The summed E-state index contributed by atoms with van der Waals surface area (Å²) in [6.07, 6.45) is 4.79. The third-order valence-electron chi connectivity index (χ3n) is 4.43. The summed E-state index contributed by atoms with van der Waals surface area (Å²) in [7, 11) is 0. The molecule has 1 amide bonds. The molecule has 4 rings (SSSR count). The molecule has 1 aromatic carbocycles. The van der Waals surface area contributed by atoms with Gasteiger partial charge >= 0.3 is 0 Å². The van der Waals surface area contributed by atoms with Gasteiger partial charge in [-0.2, -0.15) is 5.10 Å². The predicted molar refractivity (Wildman–Crippen MR) is 72.7 cm³/mol. The SMILES string of the molecule is O=C(CCc1ncn[nH]1)N1C2CCC1c1ccccc12. The molecule has 2 aliphatic rings. The standard InChI is InChI=1S/C15H16N4O/c20-15(8-7-14-16-9-17-18-14)19-12-5-6-13(19)11-4-2-1-3-10(11)12/h1-4,9,12-13H,5-8H2,(H,16,17,18). The van der Waals surface area contributed by atoms with Crippen molar-refractivity contribution in [3.8, 4) is 0 Å².